The largest absolute Gasteiger partial charge is 0.335 e. The highest BCUT2D eigenvalue weighted by Gasteiger charge is 2.19. The summed E-state index contributed by atoms with van der Waals surface area (Å²) in [7, 11) is -3.49. The summed E-state index contributed by atoms with van der Waals surface area (Å²) in [4.78, 5) is 1.75. The Labute approximate surface area is 132 Å². The SMILES string of the molecule is CC1CC[NH+](CCCNS(=O)(=O)c2ccccc2Cl)CC1. The lowest BCUT2D eigenvalue weighted by molar-refractivity contribution is -0.906. The Morgan fingerprint density at radius 3 is 2.62 bits per heavy atom. The van der Waals surface area contributed by atoms with Gasteiger partial charge in [-0.25, -0.2) is 13.1 Å². The average Bonchev–Trinajstić information content (AvgIpc) is 2.46. The Morgan fingerprint density at radius 2 is 1.95 bits per heavy atom. The van der Waals surface area contributed by atoms with Crippen molar-refractivity contribution in [3.8, 4) is 0 Å². The van der Waals surface area contributed by atoms with Crippen LogP contribution in [0.15, 0.2) is 29.2 Å². The van der Waals surface area contributed by atoms with Gasteiger partial charge in [0, 0.05) is 13.0 Å². The quantitative estimate of drug-likeness (QED) is 0.773. The highest BCUT2D eigenvalue weighted by Crippen LogP contribution is 2.19. The molecule has 0 spiro atoms. The molecule has 21 heavy (non-hydrogen) atoms. The van der Waals surface area contributed by atoms with Crippen molar-refractivity contribution in [2.75, 3.05) is 26.2 Å². The Morgan fingerprint density at radius 1 is 1.29 bits per heavy atom. The summed E-state index contributed by atoms with van der Waals surface area (Å²) in [6.07, 6.45) is 3.41. The number of rotatable bonds is 6. The van der Waals surface area contributed by atoms with Crippen molar-refractivity contribution in [2.24, 2.45) is 5.92 Å². The molecule has 0 bridgehead atoms. The van der Waals surface area contributed by atoms with Gasteiger partial charge < -0.3 is 4.90 Å². The smallest absolute Gasteiger partial charge is 0.242 e. The fourth-order valence-corrected chi connectivity index (χ4v) is 4.30. The van der Waals surface area contributed by atoms with Gasteiger partial charge in [0.1, 0.15) is 4.90 Å². The van der Waals surface area contributed by atoms with Crippen LogP contribution in [0.2, 0.25) is 5.02 Å². The molecule has 0 unspecified atom stereocenters. The van der Waals surface area contributed by atoms with Crippen LogP contribution in [0.3, 0.4) is 0 Å². The number of piperidine rings is 1. The molecule has 0 amide bonds. The molecule has 1 heterocycles. The zero-order chi connectivity index (χ0) is 15.3. The maximum absolute atomic E-state index is 12.1. The molecule has 6 heteroatoms. The van der Waals surface area contributed by atoms with Crippen LogP contribution in [0.5, 0.6) is 0 Å². The van der Waals surface area contributed by atoms with E-state index < -0.39 is 10.0 Å². The summed E-state index contributed by atoms with van der Waals surface area (Å²) in [6, 6.07) is 6.53. The van der Waals surface area contributed by atoms with Gasteiger partial charge in [-0.05, 0) is 30.9 Å². The molecule has 0 atom stereocenters. The van der Waals surface area contributed by atoms with E-state index in [0.29, 0.717) is 6.54 Å². The third-order valence-electron chi connectivity index (χ3n) is 4.11. The molecule has 1 aromatic carbocycles. The Balaban J connectivity index is 1.77. The molecule has 2 rings (SSSR count). The fraction of sp³-hybridized carbons (Fsp3) is 0.600. The summed E-state index contributed by atoms with van der Waals surface area (Å²) in [5.41, 5.74) is 0. The summed E-state index contributed by atoms with van der Waals surface area (Å²) in [6.45, 7) is 6.20. The van der Waals surface area contributed by atoms with Crippen molar-refractivity contribution in [3.05, 3.63) is 29.3 Å². The maximum Gasteiger partial charge on any atom is 0.242 e. The topological polar surface area (TPSA) is 50.6 Å². The summed E-state index contributed by atoms with van der Waals surface area (Å²) in [5.74, 6) is 0.840. The molecule has 4 nitrogen and oxygen atoms in total. The van der Waals surface area contributed by atoms with Gasteiger partial charge in [0.2, 0.25) is 10.0 Å². The number of hydrogen-bond donors (Lipinski definition) is 2. The van der Waals surface area contributed by atoms with E-state index in [9.17, 15) is 8.42 Å². The average molecular weight is 332 g/mol. The highest BCUT2D eigenvalue weighted by molar-refractivity contribution is 7.89. The number of likely N-dealkylation sites (tertiary alicyclic amines) is 1. The van der Waals surface area contributed by atoms with Crippen LogP contribution < -0.4 is 9.62 Å². The van der Waals surface area contributed by atoms with E-state index >= 15 is 0 Å². The molecule has 0 aromatic heterocycles. The lowest BCUT2D eigenvalue weighted by Crippen LogP contribution is -3.13. The van der Waals surface area contributed by atoms with Crippen LogP contribution in [0.25, 0.3) is 0 Å². The second-order valence-electron chi connectivity index (χ2n) is 5.86. The number of nitrogens with one attached hydrogen (secondary N) is 2. The lowest BCUT2D eigenvalue weighted by atomic mass is 9.99. The number of halogens is 1. The zero-order valence-corrected chi connectivity index (χ0v) is 14.0. The standard InChI is InChI=1S/C15H23ClN2O2S/c1-13-7-11-18(12-8-13)10-4-9-17-21(19,20)15-6-3-2-5-14(15)16/h2-3,5-6,13,17H,4,7-12H2,1H3/p+1. The third kappa shape index (κ3) is 4.95. The van der Waals surface area contributed by atoms with Gasteiger partial charge in [-0.2, -0.15) is 0 Å². The Bertz CT molecular complexity index is 555. The molecule has 1 aliphatic heterocycles. The number of quaternary nitrogens is 1. The number of sulfonamides is 1. The Hall–Kier alpha value is -0.620. The summed E-state index contributed by atoms with van der Waals surface area (Å²) in [5, 5.41) is 0.264. The number of hydrogen-bond acceptors (Lipinski definition) is 2. The minimum Gasteiger partial charge on any atom is -0.335 e. The fourth-order valence-electron chi connectivity index (χ4n) is 2.71. The van der Waals surface area contributed by atoms with Gasteiger partial charge in [0.05, 0.1) is 24.7 Å². The molecule has 1 aromatic rings. The van der Waals surface area contributed by atoms with Gasteiger partial charge in [-0.1, -0.05) is 30.7 Å². The Kier molecular flexibility index (Phi) is 6.05. The molecule has 0 aliphatic carbocycles. The van der Waals surface area contributed by atoms with Gasteiger partial charge in [0.15, 0.2) is 0 Å². The van der Waals surface area contributed by atoms with Crippen LogP contribution in [0.1, 0.15) is 26.2 Å². The molecule has 1 saturated heterocycles. The van der Waals surface area contributed by atoms with E-state index in [-0.39, 0.29) is 9.92 Å². The van der Waals surface area contributed by atoms with Crippen LogP contribution >= 0.6 is 11.6 Å². The van der Waals surface area contributed by atoms with Crippen molar-refractivity contribution in [3.63, 3.8) is 0 Å². The van der Waals surface area contributed by atoms with E-state index in [1.54, 1.807) is 23.1 Å². The van der Waals surface area contributed by atoms with E-state index in [2.05, 4.69) is 11.6 Å². The first kappa shape index (κ1) is 16.7. The molecule has 1 aliphatic rings. The van der Waals surface area contributed by atoms with E-state index in [1.165, 1.54) is 32.0 Å². The highest BCUT2D eigenvalue weighted by atomic mass is 35.5. The molecule has 1 fully saturated rings. The molecule has 0 saturated carbocycles. The van der Waals surface area contributed by atoms with Crippen LogP contribution in [-0.2, 0) is 10.0 Å². The molecular weight excluding hydrogens is 308 g/mol. The van der Waals surface area contributed by atoms with Gasteiger partial charge in [-0.3, -0.25) is 0 Å². The molecular formula is C15H24ClN2O2S+. The first-order valence-corrected chi connectivity index (χ1v) is 9.43. The van der Waals surface area contributed by atoms with E-state index in [1.807, 2.05) is 0 Å². The van der Waals surface area contributed by atoms with Crippen molar-refractivity contribution in [2.45, 2.75) is 31.1 Å². The van der Waals surface area contributed by atoms with Crippen LogP contribution in [0, 0.1) is 5.92 Å². The minimum atomic E-state index is -3.49. The van der Waals surface area contributed by atoms with Crippen LogP contribution in [-0.4, -0.2) is 34.6 Å². The predicted octanol–water partition coefficient (Wildman–Crippen LogP) is 1.32. The first-order chi connectivity index (χ1) is 9.99. The maximum atomic E-state index is 12.1. The molecule has 118 valence electrons. The van der Waals surface area contributed by atoms with Crippen LogP contribution in [0.4, 0.5) is 0 Å². The molecule has 2 N–H and O–H groups in total. The predicted molar refractivity (Wildman–Crippen MR) is 85.2 cm³/mol. The second-order valence-corrected chi connectivity index (χ2v) is 8.01. The minimum absolute atomic E-state index is 0.158. The first-order valence-electron chi connectivity index (χ1n) is 7.57. The third-order valence-corrected chi connectivity index (χ3v) is 6.07. The summed E-state index contributed by atoms with van der Waals surface area (Å²) >= 11 is 5.93. The van der Waals surface area contributed by atoms with Crippen molar-refractivity contribution < 1.29 is 13.3 Å². The van der Waals surface area contributed by atoms with Crippen molar-refractivity contribution in [1.29, 1.82) is 0 Å². The monoisotopic (exact) mass is 331 g/mol. The van der Waals surface area contributed by atoms with Gasteiger partial charge in [-0.15, -0.1) is 0 Å². The number of benzene rings is 1. The lowest BCUT2D eigenvalue weighted by Gasteiger charge is -2.27. The van der Waals surface area contributed by atoms with Gasteiger partial charge in [0.25, 0.3) is 0 Å². The van der Waals surface area contributed by atoms with Crippen molar-refractivity contribution >= 4 is 21.6 Å². The van der Waals surface area contributed by atoms with E-state index in [0.717, 1.165) is 18.9 Å². The normalized spacial score (nSPS) is 23.1. The molecule has 0 radical (unpaired) electrons. The van der Waals surface area contributed by atoms with E-state index in [4.69, 9.17) is 11.6 Å². The summed E-state index contributed by atoms with van der Waals surface area (Å²) < 4.78 is 26.9. The zero-order valence-electron chi connectivity index (χ0n) is 12.4. The second kappa shape index (κ2) is 7.58. The van der Waals surface area contributed by atoms with Gasteiger partial charge >= 0.3 is 0 Å². The van der Waals surface area contributed by atoms with Crippen molar-refractivity contribution in [1.82, 2.24) is 4.72 Å².